The predicted molar refractivity (Wildman–Crippen MR) is 185 cm³/mol. The van der Waals surface area contributed by atoms with Crippen LogP contribution in [0.25, 0.3) is 22.2 Å². The highest BCUT2D eigenvalue weighted by Gasteiger charge is 2.39. The number of amides is 1. The van der Waals surface area contributed by atoms with E-state index in [4.69, 9.17) is 9.57 Å². The van der Waals surface area contributed by atoms with Gasteiger partial charge < -0.3 is 19.5 Å². The summed E-state index contributed by atoms with van der Waals surface area (Å²) in [5.74, 6) is -0.328. The van der Waals surface area contributed by atoms with E-state index < -0.39 is 39.6 Å². The van der Waals surface area contributed by atoms with Gasteiger partial charge in [0.2, 0.25) is 15.9 Å². The number of alkyl halides is 3. The molecule has 0 radical (unpaired) electrons. The van der Waals surface area contributed by atoms with Crippen LogP contribution in [0.15, 0.2) is 83.8 Å². The van der Waals surface area contributed by atoms with Gasteiger partial charge in [0.25, 0.3) is 0 Å². The molecule has 0 spiro atoms. The number of rotatable bonds is 7. The van der Waals surface area contributed by atoms with Gasteiger partial charge in [0.05, 0.1) is 29.6 Å². The molecule has 1 saturated carbocycles. The van der Waals surface area contributed by atoms with E-state index in [0.717, 1.165) is 11.6 Å². The third kappa shape index (κ3) is 8.57. The van der Waals surface area contributed by atoms with Gasteiger partial charge in [-0.3, -0.25) is 4.79 Å². The van der Waals surface area contributed by atoms with Crippen LogP contribution in [0.4, 0.5) is 18.0 Å². The van der Waals surface area contributed by atoms with Gasteiger partial charge in [-0.15, -0.1) is 5.06 Å². The van der Waals surface area contributed by atoms with E-state index in [1.807, 2.05) is 35.2 Å². The molecule has 1 saturated heterocycles. The van der Waals surface area contributed by atoms with Gasteiger partial charge in [0.15, 0.2) is 0 Å². The molecule has 0 bridgehead atoms. The van der Waals surface area contributed by atoms with E-state index >= 15 is 0 Å². The minimum absolute atomic E-state index is 0.0112. The van der Waals surface area contributed by atoms with Gasteiger partial charge in [-0.25, -0.2) is 17.9 Å². The van der Waals surface area contributed by atoms with Gasteiger partial charge >= 0.3 is 12.3 Å². The molecule has 1 aliphatic heterocycles. The van der Waals surface area contributed by atoms with Gasteiger partial charge in [-0.05, 0) is 76.3 Å². The summed E-state index contributed by atoms with van der Waals surface area (Å²) in [5, 5.41) is 2.10. The number of nitrogens with one attached hydrogen (secondary N) is 2. The van der Waals surface area contributed by atoms with Crippen molar-refractivity contribution in [3.8, 4) is 11.3 Å². The monoisotopic (exact) mass is 726 g/mol. The van der Waals surface area contributed by atoms with Gasteiger partial charge in [0, 0.05) is 40.7 Å². The molecule has 14 heteroatoms. The summed E-state index contributed by atoms with van der Waals surface area (Å²) in [4.78, 5) is 36.5. The quantitative estimate of drug-likeness (QED) is 0.190. The summed E-state index contributed by atoms with van der Waals surface area (Å²) in [6, 6.07) is 20.0. The number of hydrogen-bond donors (Lipinski definition) is 2. The first kappa shape index (κ1) is 36.4. The fourth-order valence-corrected chi connectivity index (χ4v) is 8.13. The Morgan fingerprint density at radius 3 is 2.25 bits per heavy atom. The lowest BCUT2D eigenvalue weighted by atomic mass is 9.85. The molecule has 272 valence electrons. The van der Waals surface area contributed by atoms with Crippen LogP contribution in [0, 0.1) is 5.92 Å². The molecule has 1 atom stereocenters. The van der Waals surface area contributed by atoms with Crippen LogP contribution >= 0.6 is 0 Å². The molecule has 10 nitrogen and oxygen atoms in total. The number of aromatic nitrogens is 1. The first-order valence-electron chi connectivity index (χ1n) is 16.9. The van der Waals surface area contributed by atoms with Crippen LogP contribution in [0.3, 0.4) is 0 Å². The summed E-state index contributed by atoms with van der Waals surface area (Å²) < 4.78 is 75.9. The number of sulfonamides is 1. The number of aromatic amines is 1. The number of benzene rings is 3. The molecule has 4 aromatic rings. The molecule has 3 aromatic carbocycles. The Morgan fingerprint density at radius 1 is 0.882 bits per heavy atom. The van der Waals surface area contributed by atoms with Crippen molar-refractivity contribution in [3.63, 3.8) is 0 Å². The lowest BCUT2D eigenvalue weighted by molar-refractivity contribution is -0.176. The van der Waals surface area contributed by atoms with Crippen molar-refractivity contribution >= 4 is 33.0 Å². The van der Waals surface area contributed by atoms with Crippen molar-refractivity contribution in [3.05, 3.63) is 90.0 Å². The molecule has 6 rings (SSSR count). The Kier molecular flexibility index (Phi) is 10.2. The van der Waals surface area contributed by atoms with Crippen molar-refractivity contribution in [2.75, 3.05) is 19.6 Å². The Bertz CT molecular complexity index is 1990. The number of carbonyl (C=O) groups excluding carboxylic acids is 2. The second kappa shape index (κ2) is 14.3. The summed E-state index contributed by atoms with van der Waals surface area (Å²) >= 11 is 0. The number of carbonyl (C=O) groups is 2. The maximum Gasteiger partial charge on any atom is 0.528 e. The maximum atomic E-state index is 13.9. The van der Waals surface area contributed by atoms with E-state index in [1.165, 1.54) is 35.4 Å². The Balaban J connectivity index is 1.10. The first-order valence-corrected chi connectivity index (χ1v) is 18.4. The normalized spacial score (nSPS) is 20.7. The summed E-state index contributed by atoms with van der Waals surface area (Å²) in [6.07, 6.45) is -3.47. The second-order valence-electron chi connectivity index (χ2n) is 14.0. The minimum Gasteiger partial charge on any atom is -0.427 e. The number of hydroxylamine groups is 2. The molecule has 1 amide bonds. The van der Waals surface area contributed by atoms with Crippen molar-refractivity contribution < 1.29 is 40.8 Å². The predicted octanol–water partition coefficient (Wildman–Crippen LogP) is 7.44. The number of hydrogen-bond acceptors (Lipinski definition) is 7. The highest BCUT2D eigenvalue weighted by atomic mass is 32.2. The number of H-pyrrole nitrogens is 1. The molecular weight excluding hydrogens is 685 g/mol. The topological polar surface area (TPSA) is 121 Å². The number of halogens is 3. The number of piperazine rings is 1. The molecule has 1 aromatic heterocycles. The van der Waals surface area contributed by atoms with E-state index in [1.54, 1.807) is 32.9 Å². The molecule has 2 heterocycles. The molecule has 2 fully saturated rings. The lowest BCUT2D eigenvalue weighted by Crippen LogP contribution is -2.53. The highest BCUT2D eigenvalue weighted by Crippen LogP contribution is 2.38. The largest absolute Gasteiger partial charge is 0.528 e. The summed E-state index contributed by atoms with van der Waals surface area (Å²) in [6.45, 7) is 6.17. The van der Waals surface area contributed by atoms with E-state index in [0.29, 0.717) is 49.7 Å². The van der Waals surface area contributed by atoms with E-state index in [9.17, 15) is 31.2 Å². The Hall–Kier alpha value is -4.40. The molecular formula is C37H41F3N4O6S. The Morgan fingerprint density at radius 2 is 1.57 bits per heavy atom. The van der Waals surface area contributed by atoms with E-state index in [2.05, 4.69) is 9.71 Å². The number of ether oxygens (including phenoxy) is 1. The van der Waals surface area contributed by atoms with Crippen molar-refractivity contribution in [2.45, 2.75) is 75.2 Å². The van der Waals surface area contributed by atoms with Crippen LogP contribution in [0.2, 0.25) is 0 Å². The second-order valence-corrected chi connectivity index (χ2v) is 15.8. The fraction of sp³-hybridized carbons (Fsp3) is 0.405. The summed E-state index contributed by atoms with van der Waals surface area (Å²) in [7, 11) is -3.97. The van der Waals surface area contributed by atoms with Gasteiger partial charge in [-0.2, -0.15) is 13.2 Å². The molecule has 2 aliphatic rings. The van der Waals surface area contributed by atoms with Crippen LogP contribution in [0.1, 0.15) is 63.6 Å². The molecule has 0 unspecified atom stereocenters. The number of nitrogens with zero attached hydrogens (tertiary/aromatic N) is 2. The molecule has 51 heavy (non-hydrogen) atoms. The third-order valence-corrected chi connectivity index (χ3v) is 10.7. The fourth-order valence-electron chi connectivity index (χ4n) is 6.80. The summed E-state index contributed by atoms with van der Waals surface area (Å²) in [5.41, 5.74) is 0.00148. The molecule has 2 N–H and O–H groups in total. The standard InChI is InChI=1S/C37H41F3N4O6S/c1-36(2,3)49-35(46)50-43-19-20-44(33(23-43)24-9-5-4-6-10-24)34(45)25-13-16-27(17-14-25)42-51(47,48)28-18-15-26-21-32(41-31(26)22-28)29-11-7-8-12-30(29)37(38,39)40/h4-12,15,18,21-22,25,27,33,41-42H,13-14,16-17,19-20,23H2,1-3H3/t25-,27-,33-/m1/s1. The zero-order valence-electron chi connectivity index (χ0n) is 28.6. The lowest BCUT2D eigenvalue weighted by Gasteiger charge is -2.42. The minimum atomic E-state index is -4.55. The van der Waals surface area contributed by atoms with Crippen molar-refractivity contribution in [2.24, 2.45) is 5.92 Å². The Labute approximate surface area is 294 Å². The van der Waals surface area contributed by atoms with Gasteiger partial charge in [0.1, 0.15) is 5.60 Å². The van der Waals surface area contributed by atoms with E-state index in [-0.39, 0.29) is 40.6 Å². The smallest absolute Gasteiger partial charge is 0.427 e. The maximum absolute atomic E-state index is 13.9. The third-order valence-electron chi connectivity index (χ3n) is 9.23. The first-order chi connectivity index (χ1) is 24.1. The SMILES string of the molecule is CC(C)(C)OC(=O)ON1CCN(C(=O)[C@H]2CC[C@H](NS(=O)(=O)c3ccc4cc(-c5ccccc5C(F)(F)F)[nH]c4c3)CC2)[C@@H](c2ccccc2)C1. The van der Waals surface area contributed by atoms with Crippen molar-refractivity contribution in [1.82, 2.24) is 19.7 Å². The van der Waals surface area contributed by atoms with Crippen LogP contribution in [-0.2, 0) is 30.6 Å². The van der Waals surface area contributed by atoms with Crippen LogP contribution < -0.4 is 4.72 Å². The highest BCUT2D eigenvalue weighted by molar-refractivity contribution is 7.89. The zero-order chi connectivity index (χ0) is 36.6. The van der Waals surface area contributed by atoms with Crippen molar-refractivity contribution in [1.29, 1.82) is 0 Å². The molecule has 1 aliphatic carbocycles. The number of fused-ring (bicyclic) bond motifs is 1. The van der Waals surface area contributed by atoms with Gasteiger partial charge in [-0.1, -0.05) is 54.6 Å². The zero-order valence-corrected chi connectivity index (χ0v) is 29.4. The van der Waals surface area contributed by atoms with Crippen LogP contribution in [0.5, 0.6) is 0 Å². The van der Waals surface area contributed by atoms with Crippen LogP contribution in [-0.4, -0.2) is 66.7 Å². The average molecular weight is 727 g/mol. The average Bonchev–Trinajstić information content (AvgIpc) is 3.51.